The molecule has 196 valence electrons. The molecule has 3 atom stereocenters. The predicted octanol–water partition coefficient (Wildman–Crippen LogP) is 3.43. The van der Waals surface area contributed by atoms with Crippen LogP contribution in [-0.4, -0.2) is 49.8 Å². The van der Waals surface area contributed by atoms with Gasteiger partial charge in [-0.05, 0) is 58.3 Å². The van der Waals surface area contributed by atoms with E-state index in [4.69, 9.17) is 18.9 Å². The minimum atomic E-state index is -1.39. The molecule has 0 aromatic carbocycles. The molecule has 0 aromatic heterocycles. The Hall–Kier alpha value is -2.84. The van der Waals surface area contributed by atoms with Gasteiger partial charge >= 0.3 is 23.9 Å². The maximum Gasteiger partial charge on any atom is 0.344 e. The molecule has 1 aliphatic heterocycles. The van der Waals surface area contributed by atoms with E-state index in [0.29, 0.717) is 23.2 Å². The van der Waals surface area contributed by atoms with Gasteiger partial charge < -0.3 is 24.3 Å². The molecule has 0 aromatic rings. The maximum atomic E-state index is 13.2. The van der Waals surface area contributed by atoms with Gasteiger partial charge in [0.05, 0.1) is 24.4 Å². The number of rotatable bonds is 9. The molecule has 0 bridgehead atoms. The van der Waals surface area contributed by atoms with E-state index in [1.165, 1.54) is 0 Å². The lowest BCUT2D eigenvalue weighted by molar-refractivity contribution is -0.168. The Kier molecular flexibility index (Phi) is 10.3. The van der Waals surface area contributed by atoms with Crippen molar-refractivity contribution in [1.29, 1.82) is 0 Å². The van der Waals surface area contributed by atoms with E-state index >= 15 is 0 Å². The summed E-state index contributed by atoms with van der Waals surface area (Å²) < 4.78 is 21.2. The summed E-state index contributed by atoms with van der Waals surface area (Å²) in [5, 5.41) is 2.94. The first-order valence-electron chi connectivity index (χ1n) is 12.4. The molecule has 3 unspecified atom stereocenters. The molecule has 1 saturated carbocycles. The monoisotopic (exact) mass is 493 g/mol. The van der Waals surface area contributed by atoms with E-state index in [2.05, 4.69) is 26.1 Å². The van der Waals surface area contributed by atoms with Crippen LogP contribution in [0.5, 0.6) is 0 Å². The van der Waals surface area contributed by atoms with Crippen molar-refractivity contribution in [3.05, 3.63) is 22.5 Å². The molecule has 2 rings (SSSR count). The highest BCUT2D eigenvalue weighted by Crippen LogP contribution is 2.36. The molecule has 0 radical (unpaired) electrons. The zero-order valence-corrected chi connectivity index (χ0v) is 21.9. The SMILES string of the molecule is CCOC(=O)C1=C(C)NC(C)=C(C(=O)OCC)C1C(=O)OCC(=O)OC1CC(C)CCC1C(C)C. The van der Waals surface area contributed by atoms with E-state index in [9.17, 15) is 19.2 Å². The highest BCUT2D eigenvalue weighted by molar-refractivity contribution is 6.05. The molecule has 35 heavy (non-hydrogen) atoms. The second kappa shape index (κ2) is 12.7. The summed E-state index contributed by atoms with van der Waals surface area (Å²) in [4.78, 5) is 51.2. The maximum absolute atomic E-state index is 13.2. The molecule has 1 aliphatic carbocycles. The molecule has 0 spiro atoms. The summed E-state index contributed by atoms with van der Waals surface area (Å²) in [7, 11) is 0. The van der Waals surface area contributed by atoms with Gasteiger partial charge in [0.1, 0.15) is 12.0 Å². The van der Waals surface area contributed by atoms with Crippen LogP contribution in [0.25, 0.3) is 0 Å². The lowest BCUT2D eigenvalue weighted by atomic mass is 9.75. The van der Waals surface area contributed by atoms with Crippen molar-refractivity contribution in [1.82, 2.24) is 5.32 Å². The van der Waals surface area contributed by atoms with Gasteiger partial charge in [0.2, 0.25) is 0 Å². The predicted molar refractivity (Wildman–Crippen MR) is 127 cm³/mol. The molecule has 2 aliphatic rings. The fourth-order valence-electron chi connectivity index (χ4n) is 4.86. The number of carbonyl (C=O) groups excluding carboxylic acids is 4. The Morgan fingerprint density at radius 2 is 1.46 bits per heavy atom. The summed E-state index contributed by atoms with van der Waals surface area (Å²) in [6, 6.07) is 0. The zero-order chi connectivity index (χ0) is 26.3. The molecule has 9 nitrogen and oxygen atoms in total. The minimum Gasteiger partial charge on any atom is -0.463 e. The van der Waals surface area contributed by atoms with Crippen molar-refractivity contribution in [2.75, 3.05) is 19.8 Å². The molecular weight excluding hydrogens is 454 g/mol. The molecule has 1 N–H and O–H groups in total. The number of ether oxygens (including phenoxy) is 4. The smallest absolute Gasteiger partial charge is 0.344 e. The molecule has 0 saturated heterocycles. The lowest BCUT2D eigenvalue weighted by Crippen LogP contribution is -2.39. The van der Waals surface area contributed by atoms with Gasteiger partial charge in [-0.2, -0.15) is 0 Å². The van der Waals surface area contributed by atoms with E-state index < -0.39 is 36.4 Å². The van der Waals surface area contributed by atoms with Crippen LogP contribution in [0.2, 0.25) is 0 Å². The molecule has 1 fully saturated rings. The van der Waals surface area contributed by atoms with E-state index in [0.717, 1.165) is 19.3 Å². The Labute approximate surface area is 207 Å². The van der Waals surface area contributed by atoms with Gasteiger partial charge in [0.25, 0.3) is 0 Å². The van der Waals surface area contributed by atoms with Crippen LogP contribution in [0.3, 0.4) is 0 Å². The van der Waals surface area contributed by atoms with Crippen LogP contribution in [0.15, 0.2) is 22.5 Å². The van der Waals surface area contributed by atoms with Gasteiger partial charge in [0, 0.05) is 11.4 Å². The van der Waals surface area contributed by atoms with Gasteiger partial charge in [-0.25, -0.2) is 14.4 Å². The number of nitrogens with one attached hydrogen (secondary N) is 1. The Morgan fingerprint density at radius 1 is 0.914 bits per heavy atom. The Balaban J connectivity index is 2.21. The number of esters is 4. The van der Waals surface area contributed by atoms with Crippen molar-refractivity contribution in [3.8, 4) is 0 Å². The number of hydrogen-bond donors (Lipinski definition) is 1. The van der Waals surface area contributed by atoms with Crippen LogP contribution >= 0.6 is 0 Å². The first-order chi connectivity index (χ1) is 16.5. The molecular formula is C26H39NO8. The highest BCUT2D eigenvalue weighted by atomic mass is 16.6. The largest absolute Gasteiger partial charge is 0.463 e. The first-order valence-corrected chi connectivity index (χ1v) is 12.4. The number of carbonyl (C=O) groups is 4. The van der Waals surface area contributed by atoms with Crippen LogP contribution in [-0.2, 0) is 38.1 Å². The fraction of sp³-hybridized carbons (Fsp3) is 0.692. The van der Waals surface area contributed by atoms with E-state index in [-0.39, 0.29) is 36.4 Å². The van der Waals surface area contributed by atoms with Crippen LogP contribution in [0.1, 0.15) is 67.7 Å². The standard InChI is InChI=1S/C26H39NO8/c1-8-32-24(29)21-16(6)27-17(7)22(25(30)33-9-2)23(21)26(31)34-13-20(28)35-19-12-15(5)10-11-18(19)14(3)4/h14-15,18-19,23,27H,8-13H2,1-7H3. The fourth-order valence-corrected chi connectivity index (χ4v) is 4.86. The molecule has 1 heterocycles. The third-order valence-electron chi connectivity index (χ3n) is 6.56. The molecule has 0 amide bonds. The lowest BCUT2D eigenvalue weighted by Gasteiger charge is -2.36. The Bertz CT molecular complexity index is 848. The van der Waals surface area contributed by atoms with Crippen LogP contribution in [0.4, 0.5) is 0 Å². The van der Waals surface area contributed by atoms with Crippen molar-refractivity contribution in [2.24, 2.45) is 23.7 Å². The van der Waals surface area contributed by atoms with Gasteiger partial charge in [0.15, 0.2) is 6.61 Å². The summed E-state index contributed by atoms with van der Waals surface area (Å²) >= 11 is 0. The van der Waals surface area contributed by atoms with Gasteiger partial charge in [-0.3, -0.25) is 4.79 Å². The average molecular weight is 494 g/mol. The number of hydrogen-bond acceptors (Lipinski definition) is 9. The van der Waals surface area contributed by atoms with Crippen molar-refractivity contribution in [3.63, 3.8) is 0 Å². The van der Waals surface area contributed by atoms with E-state index in [1.807, 2.05) is 0 Å². The Morgan fingerprint density at radius 3 is 1.94 bits per heavy atom. The summed E-state index contributed by atoms with van der Waals surface area (Å²) in [6.07, 6.45) is 2.59. The van der Waals surface area contributed by atoms with Crippen LogP contribution < -0.4 is 5.32 Å². The minimum absolute atomic E-state index is 0.0557. The van der Waals surface area contributed by atoms with Crippen molar-refractivity contribution < 1.29 is 38.1 Å². The zero-order valence-electron chi connectivity index (χ0n) is 21.9. The molecule has 9 heteroatoms. The first kappa shape index (κ1) is 28.4. The summed E-state index contributed by atoms with van der Waals surface area (Å²) in [5.74, 6) is -3.43. The third-order valence-corrected chi connectivity index (χ3v) is 6.56. The number of allylic oxidation sites excluding steroid dienone is 2. The second-order valence-electron chi connectivity index (χ2n) is 9.54. The average Bonchev–Trinajstić information content (AvgIpc) is 2.76. The third kappa shape index (κ3) is 7.08. The second-order valence-corrected chi connectivity index (χ2v) is 9.54. The summed E-state index contributed by atoms with van der Waals surface area (Å²) in [6.45, 7) is 12.4. The number of dihydropyridines is 1. The summed E-state index contributed by atoms with van der Waals surface area (Å²) in [5.41, 5.74) is 0.601. The van der Waals surface area contributed by atoms with Crippen LogP contribution in [0, 0.1) is 23.7 Å². The topological polar surface area (TPSA) is 117 Å². The highest BCUT2D eigenvalue weighted by Gasteiger charge is 2.43. The normalized spacial score (nSPS) is 23.0. The van der Waals surface area contributed by atoms with Gasteiger partial charge in [-0.1, -0.05) is 27.2 Å². The van der Waals surface area contributed by atoms with Crippen molar-refractivity contribution >= 4 is 23.9 Å². The van der Waals surface area contributed by atoms with Crippen molar-refractivity contribution in [2.45, 2.75) is 73.8 Å². The van der Waals surface area contributed by atoms with Gasteiger partial charge in [-0.15, -0.1) is 0 Å². The quantitative estimate of drug-likeness (QED) is 0.381. The van der Waals surface area contributed by atoms with E-state index in [1.54, 1.807) is 27.7 Å².